The van der Waals surface area contributed by atoms with Crippen LogP contribution in [0.15, 0.2) is 18.5 Å². The van der Waals surface area contributed by atoms with Crippen molar-refractivity contribution in [3.8, 4) is 0 Å². The van der Waals surface area contributed by atoms with Gasteiger partial charge in [-0.05, 0) is 44.1 Å². The van der Waals surface area contributed by atoms with E-state index in [4.69, 9.17) is 0 Å². The van der Waals surface area contributed by atoms with E-state index < -0.39 is 0 Å². The molecule has 3 heterocycles. The number of amides is 2. The van der Waals surface area contributed by atoms with Crippen molar-refractivity contribution in [2.45, 2.75) is 51.1 Å². The van der Waals surface area contributed by atoms with Crippen LogP contribution in [0.2, 0.25) is 0 Å². The van der Waals surface area contributed by atoms with E-state index in [9.17, 15) is 9.59 Å². The van der Waals surface area contributed by atoms with Crippen LogP contribution in [-0.2, 0) is 16.1 Å². The average Bonchev–Trinajstić information content (AvgIpc) is 3.11. The molecule has 6 heteroatoms. The number of carbonyl (C=O) groups is 2. The van der Waals surface area contributed by atoms with Crippen molar-refractivity contribution < 1.29 is 9.59 Å². The van der Waals surface area contributed by atoms with Crippen molar-refractivity contribution >= 4 is 11.8 Å². The van der Waals surface area contributed by atoms with Crippen molar-refractivity contribution in [1.29, 1.82) is 0 Å². The molecule has 1 aliphatic carbocycles. The number of aromatic nitrogens is 2. The van der Waals surface area contributed by atoms with Gasteiger partial charge in [0.25, 0.3) is 0 Å². The fourth-order valence-electron chi connectivity index (χ4n) is 4.07. The number of rotatable bonds is 5. The Balaban J connectivity index is 1.40. The zero-order valence-electron chi connectivity index (χ0n) is 14.1. The number of nitrogens with zero attached hydrogens (tertiary/aromatic N) is 4. The number of hydrogen-bond acceptors (Lipinski definition) is 3. The van der Waals surface area contributed by atoms with Crippen LogP contribution in [0.1, 0.15) is 38.5 Å². The summed E-state index contributed by atoms with van der Waals surface area (Å²) in [4.78, 5) is 29.2. The first-order valence-corrected chi connectivity index (χ1v) is 9.26. The first kappa shape index (κ1) is 15.7. The summed E-state index contributed by atoms with van der Waals surface area (Å²) >= 11 is 0. The van der Waals surface area contributed by atoms with Crippen LogP contribution in [0.3, 0.4) is 0 Å². The second-order valence-electron chi connectivity index (χ2n) is 7.55. The summed E-state index contributed by atoms with van der Waals surface area (Å²) in [6.45, 7) is 3.06. The Morgan fingerprint density at radius 3 is 2.83 bits per heavy atom. The summed E-state index contributed by atoms with van der Waals surface area (Å²) in [6, 6.07) is 2.12. The Labute approximate surface area is 142 Å². The molecule has 1 aromatic heterocycles. The molecule has 6 nitrogen and oxygen atoms in total. The van der Waals surface area contributed by atoms with Gasteiger partial charge in [0.15, 0.2) is 0 Å². The highest BCUT2D eigenvalue weighted by Gasteiger charge is 2.40. The molecule has 0 unspecified atom stereocenters. The van der Waals surface area contributed by atoms with E-state index in [0.29, 0.717) is 18.9 Å². The lowest BCUT2D eigenvalue weighted by molar-refractivity contribution is -0.139. The van der Waals surface area contributed by atoms with E-state index in [2.05, 4.69) is 5.10 Å². The molecular formula is C18H26N4O2. The molecule has 0 radical (unpaired) electrons. The molecule has 3 fully saturated rings. The first-order valence-electron chi connectivity index (χ1n) is 9.26. The van der Waals surface area contributed by atoms with Crippen LogP contribution in [0, 0.1) is 11.8 Å². The average molecular weight is 330 g/mol. The molecule has 2 atom stereocenters. The molecule has 1 saturated carbocycles. The van der Waals surface area contributed by atoms with Gasteiger partial charge in [0.2, 0.25) is 11.8 Å². The van der Waals surface area contributed by atoms with Gasteiger partial charge in [0, 0.05) is 38.4 Å². The Kier molecular flexibility index (Phi) is 4.29. The van der Waals surface area contributed by atoms with Crippen molar-refractivity contribution in [1.82, 2.24) is 19.6 Å². The van der Waals surface area contributed by atoms with Crippen molar-refractivity contribution in [3.05, 3.63) is 18.5 Å². The van der Waals surface area contributed by atoms with Gasteiger partial charge in [0.05, 0.1) is 18.5 Å². The number of hydrogen-bond donors (Lipinski definition) is 0. The zero-order valence-corrected chi connectivity index (χ0v) is 14.1. The van der Waals surface area contributed by atoms with Crippen LogP contribution in [-0.4, -0.2) is 57.1 Å². The molecule has 1 aromatic rings. The number of likely N-dealkylation sites (tertiary alicyclic amines) is 2. The molecule has 130 valence electrons. The summed E-state index contributed by atoms with van der Waals surface area (Å²) < 4.78 is 1.91. The zero-order chi connectivity index (χ0) is 16.5. The molecule has 0 spiro atoms. The van der Waals surface area contributed by atoms with Crippen LogP contribution in [0.4, 0.5) is 0 Å². The third-order valence-corrected chi connectivity index (χ3v) is 5.61. The van der Waals surface area contributed by atoms with Gasteiger partial charge in [-0.3, -0.25) is 14.3 Å². The largest absolute Gasteiger partial charge is 0.342 e. The highest BCUT2D eigenvalue weighted by molar-refractivity contribution is 5.89. The maximum Gasteiger partial charge on any atom is 0.228 e. The summed E-state index contributed by atoms with van der Waals surface area (Å²) in [7, 11) is 0. The minimum absolute atomic E-state index is 0.144. The van der Waals surface area contributed by atoms with Gasteiger partial charge in [0.1, 0.15) is 0 Å². The smallest absolute Gasteiger partial charge is 0.228 e. The Bertz CT molecular complexity index is 596. The van der Waals surface area contributed by atoms with Crippen molar-refractivity contribution in [2.24, 2.45) is 11.8 Å². The number of carbonyl (C=O) groups excluding carboxylic acids is 2. The van der Waals surface area contributed by atoms with Gasteiger partial charge >= 0.3 is 0 Å². The van der Waals surface area contributed by atoms with Gasteiger partial charge in [-0.1, -0.05) is 0 Å². The summed E-state index contributed by atoms with van der Waals surface area (Å²) in [6.07, 6.45) is 9.85. The molecule has 2 aliphatic heterocycles. The van der Waals surface area contributed by atoms with Gasteiger partial charge in [-0.15, -0.1) is 0 Å². The second kappa shape index (κ2) is 6.57. The summed E-state index contributed by atoms with van der Waals surface area (Å²) in [5.41, 5.74) is 0. The van der Waals surface area contributed by atoms with E-state index >= 15 is 0 Å². The van der Waals surface area contributed by atoms with Crippen molar-refractivity contribution in [2.75, 3.05) is 19.6 Å². The molecule has 0 aromatic carbocycles. The van der Waals surface area contributed by atoms with E-state index in [1.54, 1.807) is 6.20 Å². The minimum atomic E-state index is -0.144. The molecule has 3 aliphatic rings. The normalized spacial score (nSPS) is 27.8. The monoisotopic (exact) mass is 330 g/mol. The maximum absolute atomic E-state index is 13.0. The first-order chi connectivity index (χ1) is 11.7. The fourth-order valence-corrected chi connectivity index (χ4v) is 4.07. The molecular weight excluding hydrogens is 304 g/mol. The summed E-state index contributed by atoms with van der Waals surface area (Å²) in [5, 5.41) is 4.28. The maximum atomic E-state index is 13.0. The lowest BCUT2D eigenvalue weighted by atomic mass is 9.98. The van der Waals surface area contributed by atoms with E-state index in [1.807, 2.05) is 26.7 Å². The Hall–Kier alpha value is -1.85. The van der Waals surface area contributed by atoms with Gasteiger partial charge in [-0.2, -0.15) is 5.10 Å². The lowest BCUT2D eigenvalue weighted by Crippen LogP contribution is -2.48. The third kappa shape index (κ3) is 3.32. The van der Waals surface area contributed by atoms with Gasteiger partial charge < -0.3 is 9.80 Å². The van der Waals surface area contributed by atoms with Gasteiger partial charge in [-0.25, -0.2) is 0 Å². The van der Waals surface area contributed by atoms with Crippen LogP contribution in [0.5, 0.6) is 0 Å². The third-order valence-electron chi connectivity index (χ3n) is 5.61. The Morgan fingerprint density at radius 2 is 2.08 bits per heavy atom. The molecule has 24 heavy (non-hydrogen) atoms. The van der Waals surface area contributed by atoms with Crippen LogP contribution < -0.4 is 0 Å². The van der Waals surface area contributed by atoms with E-state index in [-0.39, 0.29) is 23.8 Å². The molecule has 0 N–H and O–H groups in total. The molecule has 2 saturated heterocycles. The predicted molar refractivity (Wildman–Crippen MR) is 89.0 cm³/mol. The molecule has 0 bridgehead atoms. The quantitative estimate of drug-likeness (QED) is 0.822. The predicted octanol–water partition coefficient (Wildman–Crippen LogP) is 1.52. The Morgan fingerprint density at radius 1 is 1.21 bits per heavy atom. The van der Waals surface area contributed by atoms with Crippen molar-refractivity contribution in [3.63, 3.8) is 0 Å². The standard InChI is InChI=1S/C18H26N4O2/c23-17-10-15(12-20(17)11-14-5-6-14)18(24)22-9-2-1-4-16(22)13-21-8-3-7-19-21/h3,7-8,14-16H,1-2,4-6,9-13H2/t15-,16+/m0/s1. The molecule has 2 amide bonds. The minimum Gasteiger partial charge on any atom is -0.342 e. The second-order valence-corrected chi connectivity index (χ2v) is 7.55. The van der Waals surface area contributed by atoms with E-state index in [1.165, 1.54) is 12.8 Å². The summed E-state index contributed by atoms with van der Waals surface area (Å²) in [5.74, 6) is 0.888. The van der Waals surface area contributed by atoms with Crippen LogP contribution in [0.25, 0.3) is 0 Å². The fraction of sp³-hybridized carbons (Fsp3) is 0.722. The lowest BCUT2D eigenvalue weighted by Gasteiger charge is -2.37. The molecule has 4 rings (SSSR count). The van der Waals surface area contributed by atoms with Crippen LogP contribution >= 0.6 is 0 Å². The number of piperidine rings is 1. The highest BCUT2D eigenvalue weighted by Crippen LogP contribution is 2.33. The SMILES string of the molecule is O=C1C[C@H](C(=O)N2CCCC[C@@H]2Cn2cccn2)CN1CC1CC1. The topological polar surface area (TPSA) is 58.4 Å². The highest BCUT2D eigenvalue weighted by atomic mass is 16.2. The van der Waals surface area contributed by atoms with E-state index in [0.717, 1.165) is 38.9 Å².